The number of quaternary nitrogens is 1. The summed E-state index contributed by atoms with van der Waals surface area (Å²) < 4.78 is 0. The van der Waals surface area contributed by atoms with E-state index in [1.807, 2.05) is 29.3 Å². The minimum Gasteiger partial charge on any atom is -0.335 e. The Hall–Kier alpha value is -1.57. The Kier molecular flexibility index (Phi) is 5.20. The van der Waals surface area contributed by atoms with Gasteiger partial charge in [-0.15, -0.1) is 11.8 Å². The molecule has 0 aromatic heterocycles. The van der Waals surface area contributed by atoms with E-state index in [0.717, 1.165) is 36.8 Å². The van der Waals surface area contributed by atoms with Crippen molar-refractivity contribution in [2.75, 3.05) is 50.4 Å². The summed E-state index contributed by atoms with van der Waals surface area (Å²) in [7, 11) is 2.16. The van der Waals surface area contributed by atoms with Gasteiger partial charge in [-0.25, -0.2) is 5.01 Å². The number of para-hydroxylation sites is 1. The van der Waals surface area contributed by atoms with Crippen LogP contribution in [-0.4, -0.2) is 62.3 Å². The van der Waals surface area contributed by atoms with Crippen molar-refractivity contribution in [2.45, 2.75) is 11.3 Å². The lowest BCUT2D eigenvalue weighted by atomic mass is 10.2. The molecule has 2 heterocycles. The largest absolute Gasteiger partial charge is 0.335 e. The molecule has 0 atom stereocenters. The van der Waals surface area contributed by atoms with Gasteiger partial charge in [0.05, 0.1) is 44.7 Å². The zero-order chi connectivity index (χ0) is 16.2. The van der Waals surface area contributed by atoms with Crippen LogP contribution in [0.15, 0.2) is 29.2 Å². The lowest BCUT2D eigenvalue weighted by molar-refractivity contribution is -0.884. The average Bonchev–Trinajstić information content (AvgIpc) is 2.56. The number of benzene rings is 1. The lowest BCUT2D eigenvalue weighted by Gasteiger charge is -2.31. The summed E-state index contributed by atoms with van der Waals surface area (Å²) in [5.74, 6) is 0.498. The molecule has 0 unspecified atom stereocenters. The molecular formula is C16H23N4O2S+. The Morgan fingerprint density at radius 1 is 1.30 bits per heavy atom. The predicted molar refractivity (Wildman–Crippen MR) is 90.5 cm³/mol. The summed E-state index contributed by atoms with van der Waals surface area (Å²) in [6.45, 7) is 4.26. The fraction of sp³-hybridized carbons (Fsp3) is 0.500. The summed E-state index contributed by atoms with van der Waals surface area (Å²) in [6.07, 6.45) is 0.323. The molecule has 3 rings (SSSR count). The van der Waals surface area contributed by atoms with Crippen LogP contribution in [0, 0.1) is 0 Å². The number of carbonyl (C=O) groups is 2. The van der Waals surface area contributed by atoms with Crippen molar-refractivity contribution >= 4 is 29.3 Å². The van der Waals surface area contributed by atoms with Crippen LogP contribution in [0.2, 0.25) is 0 Å². The second-order valence-electron chi connectivity index (χ2n) is 6.03. The van der Waals surface area contributed by atoms with Crippen LogP contribution in [-0.2, 0) is 9.59 Å². The standard InChI is InChI=1S/C16H22N4O2S/c1-18-8-10-19(11-9-18)17-15(21)6-7-20-13-4-2-3-5-14(13)23-12-16(20)22/h2-5H,6-12H2,1H3,(H,17,21)/p+1. The van der Waals surface area contributed by atoms with Gasteiger partial charge >= 0.3 is 0 Å². The third-order valence-electron chi connectivity index (χ3n) is 4.27. The number of nitrogens with zero attached hydrogens (tertiary/aromatic N) is 2. The first kappa shape index (κ1) is 16.3. The normalized spacial score (nSPS) is 19.5. The van der Waals surface area contributed by atoms with Gasteiger partial charge in [-0.3, -0.25) is 15.0 Å². The van der Waals surface area contributed by atoms with Crippen LogP contribution in [0.3, 0.4) is 0 Å². The van der Waals surface area contributed by atoms with Gasteiger partial charge in [0, 0.05) is 17.9 Å². The molecule has 1 fully saturated rings. The van der Waals surface area contributed by atoms with Crippen molar-refractivity contribution in [3.8, 4) is 0 Å². The highest BCUT2D eigenvalue weighted by molar-refractivity contribution is 8.00. The van der Waals surface area contributed by atoms with Gasteiger partial charge in [-0.05, 0) is 12.1 Å². The SMILES string of the molecule is C[NH+]1CCN(NC(=O)CCN2C(=O)CSc3ccccc32)CC1. The fourth-order valence-electron chi connectivity index (χ4n) is 2.84. The first-order valence-electron chi connectivity index (χ1n) is 8.01. The summed E-state index contributed by atoms with van der Waals surface area (Å²) in [4.78, 5) is 28.6. The van der Waals surface area contributed by atoms with E-state index in [4.69, 9.17) is 0 Å². The minimum atomic E-state index is -0.0203. The van der Waals surface area contributed by atoms with Crippen LogP contribution < -0.4 is 15.2 Å². The number of hydrogen-bond acceptors (Lipinski definition) is 4. The number of anilines is 1. The maximum absolute atomic E-state index is 12.2. The number of piperazine rings is 1. The van der Waals surface area contributed by atoms with Crippen LogP contribution in [0.5, 0.6) is 0 Å². The number of rotatable bonds is 4. The molecule has 0 bridgehead atoms. The van der Waals surface area contributed by atoms with Gasteiger partial charge in [0.1, 0.15) is 0 Å². The molecular weight excluding hydrogens is 312 g/mol. The van der Waals surface area contributed by atoms with Gasteiger partial charge < -0.3 is 9.80 Å². The number of nitrogens with one attached hydrogen (secondary N) is 2. The van der Waals surface area contributed by atoms with Gasteiger partial charge in [0.25, 0.3) is 0 Å². The van der Waals surface area contributed by atoms with E-state index in [0.29, 0.717) is 18.7 Å². The molecule has 6 nitrogen and oxygen atoms in total. The van der Waals surface area contributed by atoms with E-state index in [-0.39, 0.29) is 11.8 Å². The number of amides is 2. The molecule has 124 valence electrons. The topological polar surface area (TPSA) is 57.1 Å². The second kappa shape index (κ2) is 7.33. The Morgan fingerprint density at radius 2 is 2.04 bits per heavy atom. The Bertz CT molecular complexity index is 587. The Morgan fingerprint density at radius 3 is 2.83 bits per heavy atom. The van der Waals surface area contributed by atoms with Gasteiger partial charge in [-0.1, -0.05) is 12.1 Å². The van der Waals surface area contributed by atoms with Crippen molar-refractivity contribution in [1.82, 2.24) is 10.4 Å². The average molecular weight is 335 g/mol. The number of thioether (sulfide) groups is 1. The number of fused-ring (bicyclic) bond motifs is 1. The summed E-state index contributed by atoms with van der Waals surface area (Å²) >= 11 is 1.56. The maximum Gasteiger partial charge on any atom is 0.237 e. The lowest BCUT2D eigenvalue weighted by Crippen LogP contribution is -3.12. The maximum atomic E-state index is 12.2. The van der Waals surface area contributed by atoms with Crippen molar-refractivity contribution in [2.24, 2.45) is 0 Å². The van der Waals surface area contributed by atoms with E-state index < -0.39 is 0 Å². The Labute approximate surface area is 140 Å². The molecule has 1 saturated heterocycles. The summed E-state index contributed by atoms with van der Waals surface area (Å²) in [5.41, 5.74) is 3.88. The van der Waals surface area contributed by atoms with Gasteiger partial charge in [0.2, 0.25) is 11.8 Å². The van der Waals surface area contributed by atoms with Gasteiger partial charge in [-0.2, -0.15) is 0 Å². The number of carbonyl (C=O) groups excluding carboxylic acids is 2. The fourth-order valence-corrected chi connectivity index (χ4v) is 3.78. The zero-order valence-corrected chi connectivity index (χ0v) is 14.2. The molecule has 23 heavy (non-hydrogen) atoms. The summed E-state index contributed by atoms with van der Waals surface area (Å²) in [5, 5.41) is 1.98. The quantitative estimate of drug-likeness (QED) is 0.770. The zero-order valence-electron chi connectivity index (χ0n) is 13.4. The van der Waals surface area contributed by atoms with E-state index in [1.165, 1.54) is 4.90 Å². The van der Waals surface area contributed by atoms with Gasteiger partial charge in [0.15, 0.2) is 0 Å². The van der Waals surface area contributed by atoms with Crippen LogP contribution in [0.1, 0.15) is 6.42 Å². The monoisotopic (exact) mass is 335 g/mol. The van der Waals surface area contributed by atoms with Crippen molar-refractivity contribution < 1.29 is 14.5 Å². The first-order valence-corrected chi connectivity index (χ1v) is 9.00. The molecule has 0 aliphatic carbocycles. The van der Waals surface area contributed by atoms with Crippen molar-refractivity contribution in [3.05, 3.63) is 24.3 Å². The van der Waals surface area contributed by atoms with E-state index in [9.17, 15) is 9.59 Å². The summed E-state index contributed by atoms with van der Waals surface area (Å²) in [6, 6.07) is 7.87. The van der Waals surface area contributed by atoms with E-state index >= 15 is 0 Å². The molecule has 7 heteroatoms. The minimum absolute atomic E-state index is 0.0203. The van der Waals surface area contributed by atoms with Crippen molar-refractivity contribution in [3.63, 3.8) is 0 Å². The molecule has 2 aliphatic heterocycles. The molecule has 0 spiro atoms. The van der Waals surface area contributed by atoms with Crippen LogP contribution in [0.25, 0.3) is 0 Å². The molecule has 2 aliphatic rings. The van der Waals surface area contributed by atoms with E-state index in [2.05, 4.69) is 12.5 Å². The van der Waals surface area contributed by atoms with Crippen LogP contribution >= 0.6 is 11.8 Å². The molecule has 2 N–H and O–H groups in total. The van der Waals surface area contributed by atoms with Crippen molar-refractivity contribution in [1.29, 1.82) is 0 Å². The third-order valence-corrected chi connectivity index (χ3v) is 5.32. The number of hydrazine groups is 1. The highest BCUT2D eigenvalue weighted by atomic mass is 32.2. The predicted octanol–water partition coefficient (Wildman–Crippen LogP) is -0.623. The number of likely N-dealkylation sites (N-methyl/N-ethyl adjacent to an activating group) is 1. The smallest absolute Gasteiger partial charge is 0.237 e. The molecule has 1 aromatic rings. The van der Waals surface area contributed by atoms with Crippen LogP contribution in [0.4, 0.5) is 5.69 Å². The second-order valence-corrected chi connectivity index (χ2v) is 7.05. The molecule has 1 aromatic carbocycles. The number of hydrogen-bond donors (Lipinski definition) is 2. The molecule has 2 amide bonds. The first-order chi connectivity index (χ1) is 11.1. The highest BCUT2D eigenvalue weighted by Crippen LogP contribution is 2.34. The molecule has 0 radical (unpaired) electrons. The highest BCUT2D eigenvalue weighted by Gasteiger charge is 2.25. The third kappa shape index (κ3) is 4.04. The van der Waals surface area contributed by atoms with E-state index in [1.54, 1.807) is 16.7 Å². The molecule has 0 saturated carbocycles. The Balaban J connectivity index is 1.53.